The third-order valence-electron chi connectivity index (χ3n) is 9.05. The third-order valence-corrected chi connectivity index (χ3v) is 10.00. The van der Waals surface area contributed by atoms with Crippen LogP contribution in [0.25, 0.3) is 21.2 Å². The predicted molar refractivity (Wildman–Crippen MR) is 171 cm³/mol. The van der Waals surface area contributed by atoms with Crippen molar-refractivity contribution in [2.75, 3.05) is 45.3 Å². The Kier molecular flexibility index (Phi) is 7.54. The van der Waals surface area contributed by atoms with Crippen LogP contribution in [0.3, 0.4) is 0 Å². The maximum absolute atomic E-state index is 13.3. The van der Waals surface area contributed by atoms with Crippen molar-refractivity contribution in [3.05, 3.63) is 75.0 Å². The van der Waals surface area contributed by atoms with Gasteiger partial charge in [-0.1, -0.05) is 6.07 Å². The number of ether oxygens (including phenoxy) is 2. The van der Waals surface area contributed by atoms with Crippen molar-refractivity contribution >= 4 is 44.8 Å². The van der Waals surface area contributed by atoms with Gasteiger partial charge in [0.2, 0.25) is 11.8 Å². The largest absolute Gasteiger partial charge is 0.496 e. The molecule has 0 spiro atoms. The number of pyridine rings is 1. The molecule has 5 heterocycles. The van der Waals surface area contributed by atoms with Crippen LogP contribution in [0.1, 0.15) is 34.3 Å². The molecule has 2 saturated heterocycles. The number of fused-ring (bicyclic) bond motifs is 2. The molecule has 1 atom stereocenters. The zero-order chi connectivity index (χ0) is 31.2. The zero-order valence-electron chi connectivity index (χ0n) is 25.1. The molecule has 0 saturated carbocycles. The fraction of sp³-hybridized carbons (Fsp3) is 0.333. The molecule has 12 heteroatoms. The summed E-state index contributed by atoms with van der Waals surface area (Å²) in [4.78, 5) is 58.6. The minimum atomic E-state index is -0.619. The lowest BCUT2D eigenvalue weighted by molar-refractivity contribution is -0.136. The molecule has 4 aromatic rings. The first-order valence-corrected chi connectivity index (χ1v) is 15.8. The lowest BCUT2D eigenvalue weighted by Gasteiger charge is -2.36. The summed E-state index contributed by atoms with van der Waals surface area (Å²) < 4.78 is 12.6. The molecule has 0 aliphatic carbocycles. The number of piperazine rings is 1. The molecule has 2 fully saturated rings. The van der Waals surface area contributed by atoms with Gasteiger partial charge in [0.25, 0.3) is 11.5 Å². The Morgan fingerprint density at radius 3 is 2.40 bits per heavy atom. The van der Waals surface area contributed by atoms with Gasteiger partial charge < -0.3 is 24.3 Å². The number of benzene rings is 2. The molecular weight excluding hydrogens is 594 g/mol. The monoisotopic (exact) mass is 627 g/mol. The fourth-order valence-corrected chi connectivity index (χ4v) is 7.55. The van der Waals surface area contributed by atoms with Gasteiger partial charge in [0.1, 0.15) is 17.5 Å². The van der Waals surface area contributed by atoms with Crippen molar-refractivity contribution in [3.8, 4) is 22.6 Å². The van der Waals surface area contributed by atoms with E-state index in [1.807, 2.05) is 41.8 Å². The second-order valence-electron chi connectivity index (χ2n) is 11.6. The van der Waals surface area contributed by atoms with Crippen LogP contribution in [0.5, 0.6) is 11.5 Å². The number of nitrogens with one attached hydrogen (secondary N) is 2. The number of rotatable bonds is 7. The van der Waals surface area contributed by atoms with Crippen molar-refractivity contribution in [3.63, 3.8) is 0 Å². The summed E-state index contributed by atoms with van der Waals surface area (Å²) in [5.41, 5.74) is 5.18. The molecule has 2 N–H and O–H groups in total. The maximum Gasteiger partial charge on any atom is 0.256 e. The van der Waals surface area contributed by atoms with Crippen LogP contribution in [-0.2, 0) is 22.7 Å². The first-order chi connectivity index (χ1) is 21.8. The summed E-state index contributed by atoms with van der Waals surface area (Å²) in [5.74, 6) is 0.592. The second kappa shape index (κ2) is 11.7. The molecule has 0 bridgehead atoms. The van der Waals surface area contributed by atoms with Crippen molar-refractivity contribution < 1.29 is 23.9 Å². The highest BCUT2D eigenvalue weighted by molar-refractivity contribution is 7.17. The Morgan fingerprint density at radius 2 is 1.69 bits per heavy atom. The molecule has 45 heavy (non-hydrogen) atoms. The van der Waals surface area contributed by atoms with Gasteiger partial charge in [0.15, 0.2) is 0 Å². The highest BCUT2D eigenvalue weighted by atomic mass is 32.1. The van der Waals surface area contributed by atoms with Gasteiger partial charge >= 0.3 is 0 Å². The number of piperidine rings is 1. The quantitative estimate of drug-likeness (QED) is 0.299. The van der Waals surface area contributed by atoms with E-state index in [1.54, 1.807) is 25.3 Å². The molecule has 3 aliphatic heterocycles. The lowest BCUT2D eigenvalue weighted by Crippen LogP contribution is -2.52. The van der Waals surface area contributed by atoms with E-state index in [0.29, 0.717) is 30.5 Å². The molecule has 232 valence electrons. The van der Waals surface area contributed by atoms with E-state index in [-0.39, 0.29) is 23.8 Å². The van der Waals surface area contributed by atoms with E-state index in [2.05, 4.69) is 20.1 Å². The number of aromatic amines is 1. The minimum Gasteiger partial charge on any atom is -0.496 e. The number of anilines is 1. The minimum absolute atomic E-state index is 0.106. The van der Waals surface area contributed by atoms with Gasteiger partial charge in [0, 0.05) is 73.4 Å². The summed E-state index contributed by atoms with van der Waals surface area (Å²) in [5, 5.41) is 4.94. The number of methoxy groups -OCH3 is 2. The van der Waals surface area contributed by atoms with E-state index in [1.165, 1.54) is 11.3 Å². The topological polar surface area (TPSA) is 124 Å². The Balaban J connectivity index is 1.05. The Hall–Kier alpha value is -4.68. The van der Waals surface area contributed by atoms with Crippen molar-refractivity contribution in [1.82, 2.24) is 20.1 Å². The highest BCUT2D eigenvalue weighted by Crippen LogP contribution is 2.39. The number of thiophene rings is 1. The number of H-pyrrole nitrogens is 1. The molecule has 11 nitrogen and oxygen atoms in total. The molecule has 3 aliphatic rings. The van der Waals surface area contributed by atoms with Crippen molar-refractivity contribution in [2.45, 2.75) is 32.0 Å². The van der Waals surface area contributed by atoms with Crippen molar-refractivity contribution in [2.24, 2.45) is 0 Å². The molecule has 0 radical (unpaired) electrons. The lowest BCUT2D eigenvalue weighted by atomic mass is 10.0. The van der Waals surface area contributed by atoms with Crippen LogP contribution in [-0.4, -0.2) is 78.9 Å². The van der Waals surface area contributed by atoms with Gasteiger partial charge in [-0.2, -0.15) is 0 Å². The summed E-state index contributed by atoms with van der Waals surface area (Å²) in [7, 11) is 3.31. The zero-order valence-corrected chi connectivity index (χ0v) is 25.9. The normalized spacial score (nSPS) is 18.8. The van der Waals surface area contributed by atoms with Gasteiger partial charge in [-0.3, -0.25) is 29.4 Å². The van der Waals surface area contributed by atoms with Crippen LogP contribution >= 0.6 is 11.3 Å². The fourth-order valence-electron chi connectivity index (χ4n) is 6.61. The number of aromatic nitrogens is 1. The van der Waals surface area contributed by atoms with Crippen LogP contribution < -0.4 is 25.2 Å². The third kappa shape index (κ3) is 5.23. The number of amides is 3. The van der Waals surface area contributed by atoms with Crippen LogP contribution in [0.15, 0.2) is 52.8 Å². The Morgan fingerprint density at radius 1 is 0.933 bits per heavy atom. The van der Waals surface area contributed by atoms with Crippen LogP contribution in [0.2, 0.25) is 0 Å². The smallest absolute Gasteiger partial charge is 0.256 e. The van der Waals surface area contributed by atoms with Crippen LogP contribution in [0, 0.1) is 0 Å². The summed E-state index contributed by atoms with van der Waals surface area (Å²) >= 11 is 1.53. The first kappa shape index (κ1) is 29.1. The van der Waals surface area contributed by atoms with Gasteiger partial charge in [-0.25, -0.2) is 0 Å². The first-order valence-electron chi connectivity index (χ1n) is 14.9. The number of nitrogens with zero attached hydrogens (tertiary/aromatic N) is 3. The van der Waals surface area contributed by atoms with Crippen molar-refractivity contribution in [1.29, 1.82) is 0 Å². The number of hydrogen-bond donors (Lipinski definition) is 2. The average molecular weight is 628 g/mol. The van der Waals surface area contributed by atoms with E-state index in [9.17, 15) is 19.2 Å². The molecule has 2 aromatic carbocycles. The van der Waals surface area contributed by atoms with Gasteiger partial charge in [-0.15, -0.1) is 11.3 Å². The van der Waals surface area contributed by atoms with Gasteiger partial charge in [-0.05, 0) is 53.3 Å². The second-order valence-corrected chi connectivity index (χ2v) is 12.5. The van der Waals surface area contributed by atoms with E-state index in [0.717, 1.165) is 70.3 Å². The SMILES string of the molecule is COc1cc(-c2c[nH]c(=O)c3ccsc23)cc(OC)c1CN1CCN(c2ccc3c(c2)C(=O)N(C2CCC(=O)NC2=O)C3)CC1. The Labute approximate surface area is 263 Å². The summed E-state index contributed by atoms with van der Waals surface area (Å²) in [6, 6.07) is 11.2. The maximum atomic E-state index is 13.3. The number of carbonyl (C=O) groups is 3. The van der Waals surface area contributed by atoms with E-state index in [4.69, 9.17) is 9.47 Å². The molecule has 1 unspecified atom stereocenters. The number of carbonyl (C=O) groups excluding carboxylic acids is 3. The molecule has 3 amide bonds. The Bertz CT molecular complexity index is 1870. The number of imide groups is 1. The van der Waals surface area contributed by atoms with E-state index >= 15 is 0 Å². The molecular formula is C33H33N5O6S. The molecule has 2 aromatic heterocycles. The van der Waals surface area contributed by atoms with Gasteiger partial charge in [0.05, 0.1) is 25.2 Å². The van der Waals surface area contributed by atoms with E-state index < -0.39 is 11.9 Å². The average Bonchev–Trinajstić information content (AvgIpc) is 3.67. The predicted octanol–water partition coefficient (Wildman–Crippen LogP) is 3.36. The highest BCUT2D eigenvalue weighted by Gasteiger charge is 2.39. The summed E-state index contributed by atoms with van der Waals surface area (Å²) in [6.45, 7) is 4.18. The molecule has 7 rings (SSSR count). The standard InChI is InChI=1S/C33H33N5O6S/c1-43-27-13-20(24-16-34-31(40)22-7-12-45-30(22)24)14-28(44-2)25(27)18-36-8-10-37(11-9-36)21-4-3-19-17-38(33(42)23(19)15-21)26-5-6-29(39)35-32(26)41/h3-4,7,12-16,26H,5-6,8-11,17-18H2,1-2H3,(H,34,40)(H,35,39,41). The summed E-state index contributed by atoms with van der Waals surface area (Å²) in [6.07, 6.45) is 2.33. The number of hydrogen-bond acceptors (Lipinski definition) is 9. The van der Waals surface area contributed by atoms with Crippen LogP contribution in [0.4, 0.5) is 5.69 Å².